The Hall–Kier alpha value is -3.10. The number of methoxy groups -OCH3 is 1. The van der Waals surface area contributed by atoms with Gasteiger partial charge in [-0.25, -0.2) is 4.98 Å². The smallest absolute Gasteiger partial charge is 0.267 e. The number of thiophene rings is 1. The van der Waals surface area contributed by atoms with Crippen molar-refractivity contribution in [3.63, 3.8) is 0 Å². The molecule has 0 saturated heterocycles. The zero-order valence-electron chi connectivity index (χ0n) is 18.0. The van der Waals surface area contributed by atoms with Crippen molar-refractivity contribution in [2.75, 3.05) is 7.11 Å². The van der Waals surface area contributed by atoms with Crippen molar-refractivity contribution in [1.29, 1.82) is 0 Å². The third-order valence-corrected chi connectivity index (χ3v) is 7.58. The van der Waals surface area contributed by atoms with Crippen LogP contribution in [0, 0.1) is 6.92 Å². The van der Waals surface area contributed by atoms with E-state index in [-0.39, 0.29) is 5.56 Å². The van der Waals surface area contributed by atoms with Crippen molar-refractivity contribution in [2.45, 2.75) is 31.2 Å². The number of fused-ring (bicyclic) bond motifs is 1. The van der Waals surface area contributed by atoms with Crippen molar-refractivity contribution in [1.82, 2.24) is 9.55 Å². The molecule has 0 spiro atoms. The lowest BCUT2D eigenvalue weighted by Crippen LogP contribution is -2.21. The summed E-state index contributed by atoms with van der Waals surface area (Å²) in [6.07, 6.45) is 0.855. The summed E-state index contributed by atoms with van der Waals surface area (Å²) in [5, 5.41) is 1.25. The third-order valence-electron chi connectivity index (χ3n) is 5.24. The Kier molecular flexibility index (Phi) is 6.34. The predicted molar refractivity (Wildman–Crippen MR) is 130 cm³/mol. The zero-order chi connectivity index (χ0) is 22.8. The Morgan fingerprint density at radius 1 is 1.22 bits per heavy atom. The highest BCUT2D eigenvalue weighted by atomic mass is 32.2. The molecular weight excluding hydrogens is 442 g/mol. The molecule has 164 valence electrons. The first kappa shape index (κ1) is 22.1. The number of hydrogen-bond donors (Lipinski definition) is 1. The molecule has 6 nitrogen and oxygen atoms in total. The van der Waals surface area contributed by atoms with E-state index in [1.54, 1.807) is 41.2 Å². The largest absolute Gasteiger partial charge is 0.497 e. The van der Waals surface area contributed by atoms with Crippen LogP contribution in [-0.4, -0.2) is 22.6 Å². The monoisotopic (exact) mass is 465 g/mol. The summed E-state index contributed by atoms with van der Waals surface area (Å²) >= 11 is 3.01. The molecule has 0 aliphatic rings. The van der Waals surface area contributed by atoms with Gasteiger partial charge in [-0.1, -0.05) is 36.9 Å². The Bertz CT molecular complexity index is 1370. The van der Waals surface area contributed by atoms with Gasteiger partial charge in [0.2, 0.25) is 5.91 Å². The summed E-state index contributed by atoms with van der Waals surface area (Å²) in [6.45, 7) is 4.07. The van der Waals surface area contributed by atoms with Gasteiger partial charge in [-0.15, -0.1) is 11.3 Å². The first-order valence-corrected chi connectivity index (χ1v) is 11.9. The van der Waals surface area contributed by atoms with Crippen LogP contribution in [0.2, 0.25) is 0 Å². The Balaban J connectivity index is 1.85. The minimum Gasteiger partial charge on any atom is -0.497 e. The topological polar surface area (TPSA) is 87.2 Å². The summed E-state index contributed by atoms with van der Waals surface area (Å²) in [6, 6.07) is 14.6. The second-order valence-corrected chi connectivity index (χ2v) is 9.30. The summed E-state index contributed by atoms with van der Waals surface area (Å²) < 4.78 is 7.01. The number of ether oxygens (including phenoxy) is 1. The van der Waals surface area contributed by atoms with Crippen LogP contribution in [0.25, 0.3) is 15.9 Å². The fourth-order valence-corrected chi connectivity index (χ4v) is 5.70. The van der Waals surface area contributed by atoms with Crippen LogP contribution in [0.1, 0.15) is 33.3 Å². The average molecular weight is 466 g/mol. The number of nitrogens with zero attached hydrogens (tertiary/aromatic N) is 2. The van der Waals surface area contributed by atoms with E-state index in [1.165, 1.54) is 11.8 Å². The van der Waals surface area contributed by atoms with E-state index in [2.05, 4.69) is 6.92 Å². The van der Waals surface area contributed by atoms with Crippen LogP contribution in [0.5, 0.6) is 5.75 Å². The lowest BCUT2D eigenvalue weighted by atomic mass is 10.1. The molecule has 2 aromatic carbocycles. The number of rotatable bonds is 7. The predicted octanol–water partition coefficient (Wildman–Crippen LogP) is 4.72. The number of aromatic nitrogens is 2. The van der Waals surface area contributed by atoms with Crippen molar-refractivity contribution in [3.8, 4) is 11.4 Å². The number of thioether (sulfide) groups is 1. The van der Waals surface area contributed by atoms with Crippen molar-refractivity contribution >= 4 is 39.2 Å². The van der Waals surface area contributed by atoms with Gasteiger partial charge >= 0.3 is 0 Å². The lowest BCUT2D eigenvalue weighted by molar-refractivity contribution is 0.1000. The summed E-state index contributed by atoms with van der Waals surface area (Å²) in [4.78, 5) is 32.0. The van der Waals surface area contributed by atoms with Crippen LogP contribution in [0.15, 0.2) is 58.5 Å². The first-order chi connectivity index (χ1) is 15.4. The molecule has 4 aromatic rings. The van der Waals surface area contributed by atoms with Crippen LogP contribution < -0.4 is 16.0 Å². The molecule has 0 unspecified atom stereocenters. The molecule has 0 bridgehead atoms. The van der Waals surface area contributed by atoms with E-state index in [9.17, 15) is 9.59 Å². The molecular formula is C24H23N3O3S2. The van der Waals surface area contributed by atoms with Crippen LogP contribution in [-0.2, 0) is 12.2 Å². The van der Waals surface area contributed by atoms with Gasteiger partial charge in [-0.3, -0.25) is 14.2 Å². The number of aryl methyl sites for hydroxylation is 2. The maximum atomic E-state index is 13.7. The molecule has 2 aromatic heterocycles. The van der Waals surface area contributed by atoms with Crippen LogP contribution in [0.3, 0.4) is 0 Å². The normalized spacial score (nSPS) is 11.1. The van der Waals surface area contributed by atoms with E-state index in [1.807, 2.05) is 37.3 Å². The number of nitrogens with two attached hydrogens (primary N) is 1. The van der Waals surface area contributed by atoms with Crippen molar-refractivity contribution < 1.29 is 9.53 Å². The molecule has 2 N–H and O–H groups in total. The SMILES string of the molecule is CCc1sc2nc(SCc3cccc(C(N)=O)c3)n(-c3cccc(OC)c3)c(=O)c2c1C. The molecule has 32 heavy (non-hydrogen) atoms. The standard InChI is InChI=1S/C24H23N3O3S2/c1-4-19-14(2)20-22(32-19)26-24(31-13-15-7-5-8-16(11-15)21(25)28)27(23(20)29)17-9-6-10-18(12-17)30-3/h5-12H,4,13H2,1-3H3,(H2,25,28). The molecule has 1 amide bonds. The van der Waals surface area contributed by atoms with Gasteiger partial charge < -0.3 is 10.5 Å². The Morgan fingerprint density at radius 2 is 2.00 bits per heavy atom. The molecule has 0 fully saturated rings. The number of carbonyl (C=O) groups excluding carboxylic acids is 1. The second kappa shape index (κ2) is 9.18. The van der Waals surface area contributed by atoms with Gasteiger partial charge in [0.05, 0.1) is 18.2 Å². The number of benzene rings is 2. The third kappa shape index (κ3) is 4.16. The summed E-state index contributed by atoms with van der Waals surface area (Å²) in [5.74, 6) is 0.732. The highest BCUT2D eigenvalue weighted by molar-refractivity contribution is 7.98. The number of amides is 1. The van der Waals surface area contributed by atoms with Crippen molar-refractivity contribution in [2.24, 2.45) is 5.73 Å². The average Bonchev–Trinajstić information content (AvgIpc) is 3.13. The minimum atomic E-state index is -0.467. The molecule has 8 heteroatoms. The van der Waals surface area contributed by atoms with E-state index < -0.39 is 5.91 Å². The van der Waals surface area contributed by atoms with Gasteiger partial charge in [0.15, 0.2) is 5.16 Å². The maximum absolute atomic E-state index is 13.7. The second-order valence-electron chi connectivity index (χ2n) is 7.27. The number of carbonyl (C=O) groups is 1. The summed E-state index contributed by atoms with van der Waals surface area (Å²) in [5.41, 5.74) is 8.39. The fourth-order valence-electron chi connectivity index (χ4n) is 3.58. The molecule has 0 atom stereocenters. The minimum absolute atomic E-state index is 0.0925. The van der Waals surface area contributed by atoms with Gasteiger partial charge in [0.25, 0.3) is 5.56 Å². The van der Waals surface area contributed by atoms with E-state index in [4.69, 9.17) is 15.5 Å². The quantitative estimate of drug-likeness (QED) is 0.315. The highest BCUT2D eigenvalue weighted by Gasteiger charge is 2.19. The van der Waals surface area contributed by atoms with Crippen LogP contribution in [0.4, 0.5) is 0 Å². The van der Waals surface area contributed by atoms with Gasteiger partial charge in [-0.2, -0.15) is 0 Å². The van der Waals surface area contributed by atoms with Gasteiger partial charge in [-0.05, 0) is 48.7 Å². The first-order valence-electron chi connectivity index (χ1n) is 10.1. The number of hydrogen-bond acceptors (Lipinski definition) is 6. The van der Waals surface area contributed by atoms with Gasteiger partial charge in [0.1, 0.15) is 10.6 Å². The van der Waals surface area contributed by atoms with E-state index in [0.29, 0.717) is 33.3 Å². The van der Waals surface area contributed by atoms with Gasteiger partial charge in [0, 0.05) is 22.3 Å². The molecule has 0 radical (unpaired) electrons. The molecule has 0 saturated carbocycles. The lowest BCUT2D eigenvalue weighted by Gasteiger charge is -2.13. The number of primary amides is 1. The molecule has 2 heterocycles. The Morgan fingerprint density at radius 3 is 2.72 bits per heavy atom. The Labute approximate surface area is 194 Å². The molecule has 4 rings (SSSR count). The zero-order valence-corrected chi connectivity index (χ0v) is 19.7. The van der Waals surface area contributed by atoms with E-state index >= 15 is 0 Å². The molecule has 0 aliphatic heterocycles. The summed E-state index contributed by atoms with van der Waals surface area (Å²) in [7, 11) is 1.60. The molecule has 0 aliphatic carbocycles. The van der Waals surface area contributed by atoms with Crippen LogP contribution >= 0.6 is 23.1 Å². The van der Waals surface area contributed by atoms with Crippen molar-refractivity contribution in [3.05, 3.63) is 80.5 Å². The fraction of sp³-hybridized carbons (Fsp3) is 0.208. The maximum Gasteiger partial charge on any atom is 0.267 e. The highest BCUT2D eigenvalue weighted by Crippen LogP contribution is 2.32. The van der Waals surface area contributed by atoms with E-state index in [0.717, 1.165) is 27.3 Å².